The monoisotopic (exact) mass is 292 g/mol. The molecule has 1 aromatic carbocycles. The van der Waals surface area contributed by atoms with E-state index < -0.39 is 17.9 Å². The Morgan fingerprint density at radius 3 is 2.57 bits per heavy atom. The van der Waals surface area contributed by atoms with Gasteiger partial charge in [-0.1, -0.05) is 19.9 Å². The van der Waals surface area contributed by atoms with Crippen LogP contribution in [0.25, 0.3) is 0 Å². The van der Waals surface area contributed by atoms with Crippen molar-refractivity contribution in [3.8, 4) is 5.75 Å². The van der Waals surface area contributed by atoms with Gasteiger partial charge in [0.15, 0.2) is 0 Å². The maximum Gasteiger partial charge on any atom is 0.255 e. The van der Waals surface area contributed by atoms with Crippen LogP contribution in [0, 0.1) is 6.92 Å². The zero-order chi connectivity index (χ0) is 16.0. The van der Waals surface area contributed by atoms with Gasteiger partial charge in [-0.2, -0.15) is 0 Å². The van der Waals surface area contributed by atoms with Gasteiger partial charge in [0.05, 0.1) is 5.56 Å². The smallest absolute Gasteiger partial charge is 0.255 e. The molecule has 1 fully saturated rings. The third kappa shape index (κ3) is 4.30. The van der Waals surface area contributed by atoms with E-state index in [1.165, 1.54) is 12.1 Å². The molecular formula is C15H20N2O4. The second-order valence-electron chi connectivity index (χ2n) is 4.50. The average Bonchev–Trinajstić information content (AvgIpc) is 2.44. The molecule has 114 valence electrons. The molecule has 1 aliphatic rings. The van der Waals surface area contributed by atoms with Gasteiger partial charge in [-0.3, -0.25) is 19.7 Å². The molecule has 6 heteroatoms. The van der Waals surface area contributed by atoms with Gasteiger partial charge in [0.2, 0.25) is 11.8 Å². The number of imide groups is 1. The number of piperidine rings is 1. The molecule has 21 heavy (non-hydrogen) atoms. The van der Waals surface area contributed by atoms with E-state index in [1.807, 2.05) is 13.8 Å². The fourth-order valence-corrected chi connectivity index (χ4v) is 1.90. The molecule has 1 atom stereocenters. The first-order chi connectivity index (χ1) is 9.97. The van der Waals surface area contributed by atoms with Crippen LogP contribution in [-0.4, -0.2) is 28.9 Å². The highest BCUT2D eigenvalue weighted by atomic mass is 16.3. The van der Waals surface area contributed by atoms with Crippen LogP contribution in [0.3, 0.4) is 0 Å². The molecule has 0 radical (unpaired) electrons. The van der Waals surface area contributed by atoms with Crippen LogP contribution >= 0.6 is 0 Å². The number of benzene rings is 1. The molecule has 6 nitrogen and oxygen atoms in total. The van der Waals surface area contributed by atoms with Crippen molar-refractivity contribution in [3.05, 3.63) is 29.3 Å². The molecule has 3 amide bonds. The van der Waals surface area contributed by atoms with Crippen molar-refractivity contribution in [1.29, 1.82) is 0 Å². The van der Waals surface area contributed by atoms with Crippen molar-refractivity contribution in [2.45, 2.75) is 39.7 Å². The van der Waals surface area contributed by atoms with E-state index in [-0.39, 0.29) is 30.1 Å². The number of hydrogen-bond acceptors (Lipinski definition) is 4. The van der Waals surface area contributed by atoms with Gasteiger partial charge in [-0.25, -0.2) is 0 Å². The first-order valence-corrected chi connectivity index (χ1v) is 6.91. The number of aryl methyl sites for hydroxylation is 1. The second-order valence-corrected chi connectivity index (χ2v) is 4.50. The number of rotatable bonds is 2. The summed E-state index contributed by atoms with van der Waals surface area (Å²) in [4.78, 5) is 34.4. The highest BCUT2D eigenvalue weighted by Gasteiger charge is 2.28. The maximum atomic E-state index is 11.9. The van der Waals surface area contributed by atoms with E-state index in [4.69, 9.17) is 0 Å². The molecule has 1 unspecified atom stereocenters. The fraction of sp³-hybridized carbons (Fsp3) is 0.400. The normalized spacial score (nSPS) is 17.4. The lowest BCUT2D eigenvalue weighted by Crippen LogP contribution is -2.52. The highest BCUT2D eigenvalue weighted by molar-refractivity contribution is 6.04. The zero-order valence-electron chi connectivity index (χ0n) is 12.4. The first-order valence-electron chi connectivity index (χ1n) is 6.91. The Bertz CT molecular complexity index is 555. The van der Waals surface area contributed by atoms with Crippen molar-refractivity contribution in [3.63, 3.8) is 0 Å². The maximum absolute atomic E-state index is 11.9. The second kappa shape index (κ2) is 7.42. The number of nitrogens with one attached hydrogen (secondary N) is 2. The Morgan fingerprint density at radius 2 is 2.00 bits per heavy atom. The minimum Gasteiger partial charge on any atom is -0.507 e. The molecule has 0 saturated carbocycles. The summed E-state index contributed by atoms with van der Waals surface area (Å²) in [6.07, 6.45) is 0.458. The summed E-state index contributed by atoms with van der Waals surface area (Å²) >= 11 is 0. The number of phenols is 1. The van der Waals surface area contributed by atoms with E-state index >= 15 is 0 Å². The molecule has 1 aliphatic heterocycles. The standard InChI is InChI=1S/C13H14N2O4.C2H6/c1-7-2-3-8(10(16)6-7)12(18)14-9-4-5-11(17)15-13(9)19;1-2/h2-3,6,9,16H,4-5H2,1H3,(H,14,18)(H,15,17,19);1-2H3. The van der Waals surface area contributed by atoms with Gasteiger partial charge >= 0.3 is 0 Å². The lowest BCUT2D eigenvalue weighted by atomic mass is 10.0. The van der Waals surface area contributed by atoms with E-state index in [0.29, 0.717) is 0 Å². The summed E-state index contributed by atoms with van der Waals surface area (Å²) in [6.45, 7) is 5.79. The Labute approximate surface area is 123 Å². The summed E-state index contributed by atoms with van der Waals surface area (Å²) in [6, 6.07) is 3.91. The fourth-order valence-electron chi connectivity index (χ4n) is 1.90. The molecule has 0 aliphatic carbocycles. The number of carbonyl (C=O) groups excluding carboxylic acids is 3. The van der Waals surface area contributed by atoms with Gasteiger partial charge in [-0.15, -0.1) is 0 Å². The minimum atomic E-state index is -0.745. The van der Waals surface area contributed by atoms with Gasteiger partial charge < -0.3 is 10.4 Å². The van der Waals surface area contributed by atoms with E-state index in [1.54, 1.807) is 13.0 Å². The third-order valence-electron chi connectivity index (χ3n) is 2.94. The van der Waals surface area contributed by atoms with Crippen molar-refractivity contribution in [2.75, 3.05) is 0 Å². The molecular weight excluding hydrogens is 272 g/mol. The number of hydrogen-bond donors (Lipinski definition) is 3. The Morgan fingerprint density at radius 1 is 1.33 bits per heavy atom. The van der Waals surface area contributed by atoms with Crippen molar-refractivity contribution < 1.29 is 19.5 Å². The van der Waals surface area contributed by atoms with E-state index in [0.717, 1.165) is 5.56 Å². The lowest BCUT2D eigenvalue weighted by molar-refractivity contribution is -0.134. The van der Waals surface area contributed by atoms with Crippen LogP contribution in [0.2, 0.25) is 0 Å². The molecule has 3 N–H and O–H groups in total. The molecule has 0 bridgehead atoms. The van der Waals surface area contributed by atoms with Crippen LogP contribution in [0.5, 0.6) is 5.75 Å². The largest absolute Gasteiger partial charge is 0.507 e. The summed E-state index contributed by atoms with van der Waals surface area (Å²) in [5, 5.41) is 14.3. The van der Waals surface area contributed by atoms with Gasteiger partial charge in [-0.05, 0) is 31.0 Å². The topological polar surface area (TPSA) is 95.5 Å². The summed E-state index contributed by atoms with van der Waals surface area (Å²) in [7, 11) is 0. The van der Waals surface area contributed by atoms with E-state index in [9.17, 15) is 19.5 Å². The summed E-state index contributed by atoms with van der Waals surface area (Å²) < 4.78 is 0. The van der Waals surface area contributed by atoms with Gasteiger partial charge in [0, 0.05) is 6.42 Å². The van der Waals surface area contributed by atoms with Crippen LogP contribution in [0.4, 0.5) is 0 Å². The molecule has 1 aromatic rings. The Balaban J connectivity index is 0.00000106. The predicted molar refractivity (Wildman–Crippen MR) is 77.8 cm³/mol. The number of phenolic OH excluding ortho intramolecular Hbond substituents is 1. The molecule has 1 heterocycles. The lowest BCUT2D eigenvalue weighted by Gasteiger charge is -2.21. The van der Waals surface area contributed by atoms with Crippen LogP contribution in [-0.2, 0) is 9.59 Å². The first kappa shape index (κ1) is 16.7. The number of carbonyl (C=O) groups is 3. The van der Waals surface area contributed by atoms with Crippen molar-refractivity contribution in [1.82, 2.24) is 10.6 Å². The van der Waals surface area contributed by atoms with Gasteiger partial charge in [0.1, 0.15) is 11.8 Å². The van der Waals surface area contributed by atoms with E-state index in [2.05, 4.69) is 10.6 Å². The van der Waals surface area contributed by atoms with Crippen LogP contribution in [0.15, 0.2) is 18.2 Å². The zero-order valence-corrected chi connectivity index (χ0v) is 12.4. The summed E-state index contributed by atoms with van der Waals surface area (Å²) in [5.74, 6) is -1.53. The molecule has 0 spiro atoms. The van der Waals surface area contributed by atoms with Crippen molar-refractivity contribution >= 4 is 17.7 Å². The van der Waals surface area contributed by atoms with Gasteiger partial charge in [0.25, 0.3) is 5.91 Å². The summed E-state index contributed by atoms with van der Waals surface area (Å²) in [5.41, 5.74) is 0.936. The molecule has 2 rings (SSSR count). The average molecular weight is 292 g/mol. The minimum absolute atomic E-state index is 0.107. The SMILES string of the molecule is CC.Cc1ccc(C(=O)NC2CCC(=O)NC2=O)c(O)c1. The Kier molecular flexibility index (Phi) is 5.90. The van der Waals surface area contributed by atoms with Crippen LogP contribution < -0.4 is 10.6 Å². The predicted octanol–water partition coefficient (Wildman–Crippen LogP) is 1.26. The number of amides is 3. The number of aromatic hydroxyl groups is 1. The molecule has 0 aromatic heterocycles. The third-order valence-corrected chi connectivity index (χ3v) is 2.94. The highest BCUT2D eigenvalue weighted by Crippen LogP contribution is 2.18. The van der Waals surface area contributed by atoms with Crippen LogP contribution in [0.1, 0.15) is 42.6 Å². The molecule has 1 saturated heterocycles. The van der Waals surface area contributed by atoms with Crippen molar-refractivity contribution in [2.24, 2.45) is 0 Å². The Hall–Kier alpha value is -2.37. The quantitative estimate of drug-likeness (QED) is 0.715.